The second-order valence-corrected chi connectivity index (χ2v) is 8.27. The van der Waals surface area contributed by atoms with Crippen LogP contribution in [0.5, 0.6) is 0 Å². The Morgan fingerprint density at radius 3 is 2.60 bits per heavy atom. The van der Waals surface area contributed by atoms with Gasteiger partial charge in [0.15, 0.2) is 0 Å². The van der Waals surface area contributed by atoms with Gasteiger partial charge >= 0.3 is 6.09 Å². The second kappa shape index (κ2) is 7.50. The molecule has 138 valence electrons. The molecule has 0 N–H and O–H groups in total. The molecule has 0 spiro atoms. The maximum atomic E-state index is 13.8. The van der Waals surface area contributed by atoms with Crippen LogP contribution >= 0.6 is 27.5 Å². The quantitative estimate of drug-likeness (QED) is 0.650. The Morgan fingerprint density at radius 2 is 2.04 bits per heavy atom. The Labute approximate surface area is 160 Å². The third-order valence-electron chi connectivity index (χ3n) is 3.91. The van der Waals surface area contributed by atoms with Crippen molar-refractivity contribution in [3.63, 3.8) is 0 Å². The van der Waals surface area contributed by atoms with Gasteiger partial charge in [0.2, 0.25) is 0 Å². The van der Waals surface area contributed by atoms with Crippen LogP contribution in [0.25, 0.3) is 0 Å². The number of likely N-dealkylation sites (tertiary alicyclic amines) is 1. The van der Waals surface area contributed by atoms with E-state index in [0.29, 0.717) is 24.0 Å². The summed E-state index contributed by atoms with van der Waals surface area (Å²) in [6.45, 7) is 6.31. The van der Waals surface area contributed by atoms with Gasteiger partial charge in [-0.25, -0.2) is 9.18 Å². The minimum atomic E-state index is -0.658. The molecule has 5 nitrogen and oxygen atoms in total. The monoisotopic (exact) mass is 434 g/mol. The zero-order valence-corrected chi connectivity index (χ0v) is 16.9. The number of hydrogen-bond acceptors (Lipinski definition) is 3. The van der Waals surface area contributed by atoms with Crippen molar-refractivity contribution in [1.29, 1.82) is 0 Å². The van der Waals surface area contributed by atoms with Crippen LogP contribution in [0.2, 0.25) is 5.02 Å². The highest BCUT2D eigenvalue weighted by Gasteiger charge is 2.33. The van der Waals surface area contributed by atoms with Crippen LogP contribution in [0.1, 0.15) is 37.6 Å². The Morgan fingerprint density at radius 1 is 1.40 bits per heavy atom. The van der Waals surface area contributed by atoms with Crippen LogP contribution in [-0.2, 0) is 4.74 Å². The molecule has 0 bridgehead atoms. The molecule has 1 atom stereocenters. The van der Waals surface area contributed by atoms with E-state index in [9.17, 15) is 14.0 Å². The molecular formula is C17H21BrClFN2O3. The summed E-state index contributed by atoms with van der Waals surface area (Å²) in [5.41, 5.74) is -0.365. The van der Waals surface area contributed by atoms with E-state index >= 15 is 0 Å². The molecule has 2 rings (SSSR count). The molecule has 0 unspecified atom stereocenters. The Kier molecular flexibility index (Phi) is 5.99. The third-order valence-corrected chi connectivity index (χ3v) is 5.15. The molecule has 1 fully saturated rings. The summed E-state index contributed by atoms with van der Waals surface area (Å²) >= 11 is 8.91. The van der Waals surface area contributed by atoms with E-state index < -0.39 is 17.5 Å². The van der Waals surface area contributed by atoms with Crippen molar-refractivity contribution in [1.82, 2.24) is 9.80 Å². The summed E-state index contributed by atoms with van der Waals surface area (Å²) in [5, 5.41) is -0.0591. The third kappa shape index (κ3) is 4.85. The fourth-order valence-corrected chi connectivity index (χ4v) is 3.14. The van der Waals surface area contributed by atoms with E-state index in [-0.39, 0.29) is 22.5 Å². The Bertz CT molecular complexity index is 670. The van der Waals surface area contributed by atoms with Crippen LogP contribution < -0.4 is 0 Å². The average Bonchev–Trinajstić information content (AvgIpc) is 2.99. The van der Waals surface area contributed by atoms with Gasteiger partial charge in [-0.2, -0.15) is 0 Å². The van der Waals surface area contributed by atoms with Crippen LogP contribution in [0.15, 0.2) is 16.6 Å². The first-order chi connectivity index (χ1) is 11.5. The summed E-state index contributed by atoms with van der Waals surface area (Å²) in [6, 6.07) is 2.45. The highest BCUT2D eigenvalue weighted by molar-refractivity contribution is 9.10. The summed E-state index contributed by atoms with van der Waals surface area (Å²) in [4.78, 5) is 27.8. The number of hydrogen-bond donors (Lipinski definition) is 0. The smallest absolute Gasteiger partial charge is 0.410 e. The van der Waals surface area contributed by atoms with Crippen molar-refractivity contribution in [3.8, 4) is 0 Å². The van der Waals surface area contributed by atoms with Gasteiger partial charge in [0.1, 0.15) is 11.4 Å². The van der Waals surface area contributed by atoms with Crippen LogP contribution in [0, 0.1) is 5.82 Å². The van der Waals surface area contributed by atoms with Gasteiger partial charge in [0.25, 0.3) is 5.91 Å². The molecule has 2 amide bonds. The predicted octanol–water partition coefficient (Wildman–Crippen LogP) is 4.32. The van der Waals surface area contributed by atoms with Crippen molar-refractivity contribution < 1.29 is 18.7 Å². The van der Waals surface area contributed by atoms with E-state index in [1.165, 1.54) is 11.0 Å². The molecule has 1 aliphatic heterocycles. The number of carbonyl (C=O) groups is 2. The van der Waals surface area contributed by atoms with Gasteiger partial charge in [0, 0.05) is 30.2 Å². The van der Waals surface area contributed by atoms with Gasteiger partial charge in [-0.05, 0) is 55.3 Å². The Hall–Kier alpha value is -1.34. The largest absolute Gasteiger partial charge is 0.444 e. The molecular weight excluding hydrogens is 415 g/mol. The van der Waals surface area contributed by atoms with Crippen molar-refractivity contribution in [3.05, 3.63) is 33.0 Å². The first-order valence-electron chi connectivity index (χ1n) is 7.89. The Balaban J connectivity index is 2.05. The number of nitrogens with zero attached hydrogens (tertiary/aromatic N) is 2. The molecule has 8 heteroatoms. The van der Waals surface area contributed by atoms with Gasteiger partial charge in [-0.15, -0.1) is 0 Å². The SMILES string of the molecule is CN(C(=O)c1cc(F)c(Cl)c(Br)c1)[C@@H]1CCN(C(=O)OC(C)(C)C)C1. The molecule has 1 heterocycles. The molecule has 1 aliphatic rings. The zero-order chi connectivity index (χ0) is 18.9. The lowest BCUT2D eigenvalue weighted by atomic mass is 10.1. The van der Waals surface area contributed by atoms with E-state index in [0.717, 1.165) is 6.07 Å². The van der Waals surface area contributed by atoms with Crippen molar-refractivity contribution in [2.45, 2.75) is 38.8 Å². The van der Waals surface area contributed by atoms with E-state index in [2.05, 4.69) is 15.9 Å². The highest BCUT2D eigenvalue weighted by Crippen LogP contribution is 2.28. The van der Waals surface area contributed by atoms with Gasteiger partial charge in [0.05, 0.1) is 11.1 Å². The normalized spacial score (nSPS) is 17.6. The van der Waals surface area contributed by atoms with E-state index in [4.69, 9.17) is 16.3 Å². The molecule has 0 aliphatic carbocycles. The lowest BCUT2D eigenvalue weighted by Gasteiger charge is -2.27. The van der Waals surface area contributed by atoms with Crippen LogP contribution in [-0.4, -0.2) is 53.6 Å². The van der Waals surface area contributed by atoms with Gasteiger partial charge in [-0.1, -0.05) is 11.6 Å². The maximum Gasteiger partial charge on any atom is 0.410 e. The molecule has 1 saturated heterocycles. The van der Waals surface area contributed by atoms with Crippen LogP contribution in [0.3, 0.4) is 0 Å². The first-order valence-corrected chi connectivity index (χ1v) is 9.06. The minimum Gasteiger partial charge on any atom is -0.444 e. The maximum absolute atomic E-state index is 13.8. The summed E-state index contributed by atoms with van der Waals surface area (Å²) in [7, 11) is 1.64. The topological polar surface area (TPSA) is 49.9 Å². The number of ether oxygens (including phenoxy) is 1. The number of benzene rings is 1. The van der Waals surface area contributed by atoms with E-state index in [1.54, 1.807) is 32.7 Å². The lowest BCUT2D eigenvalue weighted by Crippen LogP contribution is -2.41. The van der Waals surface area contributed by atoms with E-state index in [1.807, 2.05) is 0 Å². The fraction of sp³-hybridized carbons (Fsp3) is 0.529. The highest BCUT2D eigenvalue weighted by atomic mass is 79.9. The summed E-state index contributed by atoms with van der Waals surface area (Å²) in [6.07, 6.45) is 0.245. The summed E-state index contributed by atoms with van der Waals surface area (Å²) in [5.74, 6) is -0.984. The molecule has 0 aromatic heterocycles. The standard InChI is InChI=1S/C17H21BrClFN2O3/c1-17(2,3)25-16(24)22-6-5-11(9-22)21(4)15(23)10-7-12(18)14(19)13(20)8-10/h7-8,11H,5-6,9H2,1-4H3/t11-/m1/s1. The molecule has 0 radical (unpaired) electrons. The molecule has 0 saturated carbocycles. The van der Waals surface area contributed by atoms with Crippen molar-refractivity contribution >= 4 is 39.5 Å². The van der Waals surface area contributed by atoms with Crippen molar-refractivity contribution in [2.75, 3.05) is 20.1 Å². The molecule has 1 aromatic rings. The lowest BCUT2D eigenvalue weighted by molar-refractivity contribution is 0.0279. The molecule has 25 heavy (non-hydrogen) atoms. The number of amides is 2. The van der Waals surface area contributed by atoms with Gasteiger partial charge in [-0.3, -0.25) is 4.79 Å². The minimum absolute atomic E-state index is 0.0591. The average molecular weight is 436 g/mol. The van der Waals surface area contributed by atoms with Gasteiger partial charge < -0.3 is 14.5 Å². The first kappa shape index (κ1) is 20.0. The van der Waals surface area contributed by atoms with Crippen LogP contribution in [0.4, 0.5) is 9.18 Å². The molecule has 1 aromatic carbocycles. The number of likely N-dealkylation sites (N-methyl/N-ethyl adjacent to an activating group) is 1. The number of carbonyl (C=O) groups excluding carboxylic acids is 2. The fourth-order valence-electron chi connectivity index (χ4n) is 2.60. The zero-order valence-electron chi connectivity index (χ0n) is 14.6. The predicted molar refractivity (Wildman–Crippen MR) is 97.4 cm³/mol. The summed E-state index contributed by atoms with van der Waals surface area (Å²) < 4.78 is 19.4. The van der Waals surface area contributed by atoms with Crippen molar-refractivity contribution in [2.24, 2.45) is 0 Å². The second-order valence-electron chi connectivity index (χ2n) is 7.04. The number of rotatable bonds is 2. The number of halogens is 3.